The number of hydrogen-bond donors (Lipinski definition) is 0. The van der Waals surface area contributed by atoms with Gasteiger partial charge in [0.2, 0.25) is 0 Å². The van der Waals surface area contributed by atoms with Gasteiger partial charge in [-0.25, -0.2) is 0 Å². The highest BCUT2D eigenvalue weighted by molar-refractivity contribution is 9.10. The zero-order valence-electron chi connectivity index (χ0n) is 80.9. The van der Waals surface area contributed by atoms with E-state index in [0.717, 1.165) is 111 Å². The summed E-state index contributed by atoms with van der Waals surface area (Å²) in [5.41, 5.74) is 30.4. The number of rotatable bonds is 13. The van der Waals surface area contributed by atoms with Crippen molar-refractivity contribution in [3.63, 3.8) is 0 Å². The Bertz CT molecular complexity index is 8390. The van der Waals surface area contributed by atoms with Crippen LogP contribution in [0.1, 0.15) is 55.4 Å². The van der Waals surface area contributed by atoms with Gasteiger partial charge in [-0.1, -0.05) is 267 Å². The Morgan fingerprint density at radius 2 is 0.347 bits per heavy atom. The summed E-state index contributed by atoms with van der Waals surface area (Å²) in [6, 6.07) is 150. The van der Waals surface area contributed by atoms with Crippen molar-refractivity contribution in [3.05, 3.63) is 460 Å². The van der Waals surface area contributed by atoms with Crippen LogP contribution in [0.25, 0.3) is 205 Å². The number of hydrogen-bond acceptors (Lipinski definition) is 9. The van der Waals surface area contributed by atoms with E-state index in [1.165, 1.54) is 109 Å². The molecular weight excluding hydrogens is 1830 g/mol. The maximum absolute atomic E-state index is 6.16. The van der Waals surface area contributed by atoms with Gasteiger partial charge in [-0.2, -0.15) is 0 Å². The summed E-state index contributed by atoms with van der Waals surface area (Å²) < 4.78 is 37.3. The van der Waals surface area contributed by atoms with Crippen LogP contribution in [0.5, 0.6) is 0 Å². The highest BCUT2D eigenvalue weighted by Gasteiger charge is 2.53. The molecule has 144 heavy (non-hydrogen) atoms. The van der Waals surface area contributed by atoms with Gasteiger partial charge in [0.05, 0.1) is 106 Å². The van der Waals surface area contributed by atoms with Crippen molar-refractivity contribution in [2.24, 2.45) is 0 Å². The number of nitrogens with zero attached hydrogens (tertiary/aromatic N) is 10. The smallest absolute Gasteiger partial charge is 0.399 e. The van der Waals surface area contributed by atoms with Crippen LogP contribution < -0.4 is 10.9 Å². The number of aromatic nitrogens is 10. The highest BCUT2D eigenvalue weighted by Crippen LogP contribution is 2.43. The quantitative estimate of drug-likeness (QED) is 0.104. The van der Waals surface area contributed by atoms with Crippen LogP contribution in [0, 0.1) is 0 Å². The van der Waals surface area contributed by atoms with Gasteiger partial charge in [-0.05, 0) is 229 Å². The lowest BCUT2D eigenvalue weighted by Gasteiger charge is -2.32. The lowest BCUT2D eigenvalue weighted by Crippen LogP contribution is -2.41. The molecule has 2 fully saturated rings. The molecular formula is C127H99B2BrN10O4. The minimum Gasteiger partial charge on any atom is -0.399 e. The molecule has 15 aromatic carbocycles. The Kier molecular flexibility index (Phi) is 23.1. The first-order valence-electron chi connectivity index (χ1n) is 48.9. The molecule has 17 heteroatoms. The Morgan fingerprint density at radius 3 is 0.514 bits per heavy atom. The zero-order chi connectivity index (χ0) is 97.5. The Morgan fingerprint density at radius 1 is 0.181 bits per heavy atom. The number of pyridine rings is 5. The summed E-state index contributed by atoms with van der Waals surface area (Å²) in [5, 5.41) is 12.7. The van der Waals surface area contributed by atoms with Crippen molar-refractivity contribution in [1.29, 1.82) is 0 Å². The molecule has 0 spiro atoms. The topological polar surface area (TPSA) is 126 Å². The highest BCUT2D eigenvalue weighted by atomic mass is 79.9. The molecule has 25 aromatic rings. The summed E-state index contributed by atoms with van der Waals surface area (Å²) in [7, 11) is -0.798. The largest absolute Gasteiger partial charge is 0.496 e. The Labute approximate surface area is 844 Å². The van der Waals surface area contributed by atoms with E-state index in [-0.39, 0.29) is 22.4 Å². The molecule has 0 amide bonds. The molecule has 0 N–H and O–H groups in total. The van der Waals surface area contributed by atoms with Gasteiger partial charge in [0.1, 0.15) is 0 Å². The predicted molar refractivity (Wildman–Crippen MR) is 598 cm³/mol. The molecule has 2 saturated heterocycles. The second-order valence-electron chi connectivity index (χ2n) is 38.9. The minimum absolute atomic E-state index is 0.362. The molecule has 0 saturated carbocycles. The van der Waals surface area contributed by atoms with Gasteiger partial charge in [0.25, 0.3) is 0 Å². The average molecular weight is 1930 g/mol. The van der Waals surface area contributed by atoms with E-state index in [4.69, 9.17) is 38.6 Å². The maximum atomic E-state index is 6.16. The fourth-order valence-electron chi connectivity index (χ4n) is 20.3. The first-order chi connectivity index (χ1) is 70.3. The van der Waals surface area contributed by atoms with Crippen LogP contribution >= 0.6 is 15.9 Å². The number of halogens is 1. The summed E-state index contributed by atoms with van der Waals surface area (Å²) in [6.07, 6.45) is 9.42. The van der Waals surface area contributed by atoms with Crippen LogP contribution in [-0.4, -0.2) is 84.4 Å². The third-order valence-electron chi connectivity index (χ3n) is 29.2. The van der Waals surface area contributed by atoms with E-state index in [1.807, 2.05) is 67.4 Å². The second kappa shape index (κ2) is 36.9. The van der Waals surface area contributed by atoms with Crippen molar-refractivity contribution in [2.75, 3.05) is 0 Å². The summed E-state index contributed by atoms with van der Waals surface area (Å²) in [4.78, 5) is 23.6. The van der Waals surface area contributed by atoms with Crippen molar-refractivity contribution < 1.29 is 18.6 Å². The normalized spacial score (nSPS) is 14.1. The average Bonchev–Trinajstić information content (AvgIpc) is 1.62. The van der Waals surface area contributed by atoms with Gasteiger partial charge >= 0.3 is 14.2 Å². The lowest BCUT2D eigenvalue weighted by molar-refractivity contribution is 0.00578. The molecule has 694 valence electrons. The van der Waals surface area contributed by atoms with Crippen LogP contribution in [0.15, 0.2) is 460 Å². The van der Waals surface area contributed by atoms with Crippen molar-refractivity contribution >= 4 is 150 Å². The van der Waals surface area contributed by atoms with Gasteiger partial charge in [0, 0.05) is 168 Å². The standard InChI is InChI=1S/C46H30N4.2C29H27BN2O2.C23H15BrN2/c1-5-13-43-37(9-1)38-10-2-6-14-44(38)49(43)35-23-17-31(18-24-35)41-27-21-33(29-47-41)34-22-28-42(48-30-34)32-19-25-36(26-20-32)50-45-15-7-3-11-39(45)40-12-4-8-16-46(40)50;2*1-28(2)29(3,4)34-30(33-28)21-15-18-25(31-19-21)20-13-16-22(17-14-20)32-26-11-7-5-9-23(26)24-10-6-8-12-27(24)32;24-17-11-14-21(25-15-17)16-9-12-18(13-10-16)26-22-7-3-1-5-19(22)20-6-2-4-8-23(20)26/h1-30H;2*5-19H,1-4H3;1-15H. The van der Waals surface area contributed by atoms with E-state index >= 15 is 0 Å². The van der Waals surface area contributed by atoms with E-state index in [2.05, 4.69) is 487 Å². The predicted octanol–water partition coefficient (Wildman–Crippen LogP) is 30.6. The Balaban J connectivity index is 0.000000106. The lowest BCUT2D eigenvalue weighted by atomic mass is 9.80. The summed E-state index contributed by atoms with van der Waals surface area (Å²) >= 11 is 3.44. The second-order valence-corrected chi connectivity index (χ2v) is 39.9. The fourth-order valence-corrected chi connectivity index (χ4v) is 20.6. The number of para-hydroxylation sites is 10. The van der Waals surface area contributed by atoms with E-state index in [1.54, 1.807) is 0 Å². The minimum atomic E-state index is -0.399. The molecule has 0 radical (unpaired) electrons. The maximum Gasteiger partial charge on any atom is 0.496 e. The van der Waals surface area contributed by atoms with Gasteiger partial charge in [-0.15, -0.1) is 0 Å². The monoisotopic (exact) mass is 1930 g/mol. The first-order valence-corrected chi connectivity index (χ1v) is 49.7. The van der Waals surface area contributed by atoms with Gasteiger partial charge in [-0.3, -0.25) is 24.9 Å². The van der Waals surface area contributed by atoms with E-state index in [9.17, 15) is 0 Å². The van der Waals surface area contributed by atoms with Crippen molar-refractivity contribution in [1.82, 2.24) is 47.8 Å². The summed E-state index contributed by atoms with van der Waals surface area (Å²) in [6.45, 7) is 16.5. The fraction of sp³-hybridized carbons (Fsp3) is 0.0945. The van der Waals surface area contributed by atoms with Crippen LogP contribution in [0.3, 0.4) is 0 Å². The molecule has 0 bridgehead atoms. The molecule has 12 heterocycles. The molecule has 0 unspecified atom stereocenters. The SMILES string of the molecule is Brc1ccc(-c2ccc(-n3c4ccccc4c4ccccc43)cc2)nc1.CC1(C)OB(c2ccc(-c3ccc(-n4c5ccccc5c5ccccc54)cc3)nc2)OC1(C)C.CC1(C)OB(c2ccc(-c3ccc(-n4c5ccccc5c5ccccc54)cc3)nc2)OC1(C)C.c1ccc2c(c1)c1ccccc1n2-c1ccc(-c2ccc(-c3ccc(-c4ccc(-n5c6ccccc6c6ccccc65)cc4)nc3)cn2)cc1. The molecule has 27 rings (SSSR count). The van der Waals surface area contributed by atoms with Crippen LogP contribution in [-0.2, 0) is 18.6 Å². The van der Waals surface area contributed by atoms with Crippen molar-refractivity contribution in [2.45, 2.75) is 77.8 Å². The molecule has 2 aliphatic rings. The molecule has 0 aliphatic carbocycles. The zero-order valence-corrected chi connectivity index (χ0v) is 82.5. The molecule has 2 aliphatic heterocycles. The van der Waals surface area contributed by atoms with Crippen LogP contribution in [0.4, 0.5) is 0 Å². The molecule has 0 atom stereocenters. The molecule has 14 nitrogen and oxygen atoms in total. The van der Waals surface area contributed by atoms with E-state index in [0.29, 0.717) is 0 Å². The van der Waals surface area contributed by atoms with Crippen molar-refractivity contribution in [3.8, 4) is 95.9 Å². The summed E-state index contributed by atoms with van der Waals surface area (Å²) in [5.74, 6) is 0. The number of benzene rings is 15. The van der Waals surface area contributed by atoms with Crippen LogP contribution in [0.2, 0.25) is 0 Å². The van der Waals surface area contributed by atoms with Gasteiger partial charge in [0.15, 0.2) is 0 Å². The van der Waals surface area contributed by atoms with Gasteiger partial charge < -0.3 is 41.5 Å². The first kappa shape index (κ1) is 90.1. The molecule has 10 aromatic heterocycles. The Hall–Kier alpha value is -16.5. The third-order valence-corrected chi connectivity index (χ3v) is 29.7. The van der Waals surface area contributed by atoms with E-state index < -0.39 is 14.2 Å². The third kappa shape index (κ3) is 16.5. The number of fused-ring (bicyclic) bond motifs is 15.